The number of hydrogen-bond donors (Lipinski definition) is 2. The molecule has 0 radical (unpaired) electrons. The summed E-state index contributed by atoms with van der Waals surface area (Å²) in [5.74, 6) is -1.70. The van der Waals surface area contributed by atoms with E-state index in [9.17, 15) is 9.18 Å². The molecule has 0 bridgehead atoms. The van der Waals surface area contributed by atoms with Crippen molar-refractivity contribution in [3.63, 3.8) is 0 Å². The van der Waals surface area contributed by atoms with Gasteiger partial charge < -0.3 is 10.4 Å². The number of thiophene rings is 1. The van der Waals surface area contributed by atoms with Gasteiger partial charge in [-0.05, 0) is 44.5 Å². The maximum Gasteiger partial charge on any atom is 0.337 e. The van der Waals surface area contributed by atoms with Gasteiger partial charge in [-0.3, -0.25) is 0 Å². The Morgan fingerprint density at radius 1 is 1.40 bits per heavy atom. The summed E-state index contributed by atoms with van der Waals surface area (Å²) in [4.78, 5) is 13.5. The summed E-state index contributed by atoms with van der Waals surface area (Å²) >= 11 is 1.67. The molecule has 1 atom stereocenters. The zero-order chi connectivity index (χ0) is 14.9. The lowest BCUT2D eigenvalue weighted by Gasteiger charge is -2.17. The van der Waals surface area contributed by atoms with E-state index in [-0.39, 0.29) is 17.3 Å². The van der Waals surface area contributed by atoms with Crippen LogP contribution >= 0.6 is 11.3 Å². The van der Waals surface area contributed by atoms with Gasteiger partial charge >= 0.3 is 5.97 Å². The Hall–Kier alpha value is -1.88. The fourth-order valence-electron chi connectivity index (χ4n) is 2.22. The van der Waals surface area contributed by atoms with Crippen molar-refractivity contribution in [2.45, 2.75) is 26.8 Å². The average molecular weight is 293 g/mol. The van der Waals surface area contributed by atoms with E-state index in [0.717, 1.165) is 10.4 Å². The Bertz CT molecular complexity index is 651. The van der Waals surface area contributed by atoms with Crippen molar-refractivity contribution in [2.24, 2.45) is 0 Å². The van der Waals surface area contributed by atoms with E-state index >= 15 is 0 Å². The number of carboxylic acid groups (broad SMARTS) is 1. The van der Waals surface area contributed by atoms with Gasteiger partial charge in [-0.1, -0.05) is 6.07 Å². The second-order valence-electron chi connectivity index (χ2n) is 4.70. The molecule has 1 aromatic heterocycles. The molecule has 1 heterocycles. The van der Waals surface area contributed by atoms with E-state index in [2.05, 4.69) is 5.32 Å². The van der Waals surface area contributed by atoms with Crippen molar-refractivity contribution in [1.29, 1.82) is 0 Å². The van der Waals surface area contributed by atoms with Crippen LogP contribution in [-0.2, 0) is 0 Å². The monoisotopic (exact) mass is 293 g/mol. The largest absolute Gasteiger partial charge is 0.478 e. The van der Waals surface area contributed by atoms with E-state index in [1.54, 1.807) is 11.3 Å². The van der Waals surface area contributed by atoms with E-state index in [1.165, 1.54) is 23.1 Å². The number of halogens is 1. The predicted octanol–water partition coefficient (Wildman–Crippen LogP) is 4.38. The summed E-state index contributed by atoms with van der Waals surface area (Å²) in [6.45, 7) is 5.91. The van der Waals surface area contributed by atoms with Crippen LogP contribution in [0.3, 0.4) is 0 Å². The Morgan fingerprint density at radius 2 is 2.10 bits per heavy atom. The topological polar surface area (TPSA) is 49.3 Å². The Morgan fingerprint density at radius 3 is 2.65 bits per heavy atom. The van der Waals surface area contributed by atoms with Crippen LogP contribution in [0.2, 0.25) is 0 Å². The quantitative estimate of drug-likeness (QED) is 0.879. The number of para-hydroxylation sites is 1. The van der Waals surface area contributed by atoms with E-state index in [0.29, 0.717) is 0 Å². The Balaban J connectivity index is 2.35. The minimum Gasteiger partial charge on any atom is -0.478 e. The number of hydrogen-bond acceptors (Lipinski definition) is 3. The number of carbonyl (C=O) groups is 1. The predicted molar refractivity (Wildman–Crippen MR) is 79.2 cm³/mol. The summed E-state index contributed by atoms with van der Waals surface area (Å²) in [6.07, 6.45) is 0. The molecule has 2 N–H and O–H groups in total. The second kappa shape index (κ2) is 5.63. The third kappa shape index (κ3) is 2.82. The highest BCUT2D eigenvalue weighted by Gasteiger charge is 2.18. The molecule has 2 aromatic rings. The molecule has 2 rings (SSSR count). The molecule has 1 aromatic carbocycles. The third-order valence-electron chi connectivity index (χ3n) is 3.15. The lowest BCUT2D eigenvalue weighted by Crippen LogP contribution is -2.12. The summed E-state index contributed by atoms with van der Waals surface area (Å²) in [7, 11) is 0. The molecule has 0 aliphatic heterocycles. The van der Waals surface area contributed by atoms with Crippen molar-refractivity contribution < 1.29 is 14.3 Å². The summed E-state index contributed by atoms with van der Waals surface area (Å²) in [6, 6.07) is 5.93. The van der Waals surface area contributed by atoms with E-state index in [4.69, 9.17) is 5.11 Å². The average Bonchev–Trinajstić information content (AvgIpc) is 2.70. The highest BCUT2D eigenvalue weighted by atomic mass is 32.1. The van der Waals surface area contributed by atoms with Crippen LogP contribution in [0.5, 0.6) is 0 Å². The normalized spacial score (nSPS) is 12.2. The molecule has 106 valence electrons. The van der Waals surface area contributed by atoms with Crippen LogP contribution in [0.15, 0.2) is 24.3 Å². The lowest BCUT2D eigenvalue weighted by molar-refractivity contribution is 0.0697. The minimum atomic E-state index is -1.14. The molecule has 0 saturated heterocycles. The molecule has 0 saturated carbocycles. The van der Waals surface area contributed by atoms with Crippen LogP contribution in [-0.4, -0.2) is 11.1 Å². The number of rotatable bonds is 4. The zero-order valence-electron chi connectivity index (χ0n) is 11.5. The maximum atomic E-state index is 13.9. The van der Waals surface area contributed by atoms with Gasteiger partial charge in [-0.2, -0.15) is 0 Å². The van der Waals surface area contributed by atoms with Gasteiger partial charge in [0.2, 0.25) is 0 Å². The molecular formula is C15H16FNO2S. The van der Waals surface area contributed by atoms with Crippen molar-refractivity contribution >= 4 is 23.0 Å². The van der Waals surface area contributed by atoms with Crippen molar-refractivity contribution in [2.75, 3.05) is 5.32 Å². The number of anilines is 1. The number of aryl methyl sites for hydroxylation is 2. The van der Waals surface area contributed by atoms with Gasteiger partial charge in [-0.25, -0.2) is 9.18 Å². The van der Waals surface area contributed by atoms with Crippen molar-refractivity contribution in [1.82, 2.24) is 0 Å². The smallest absolute Gasteiger partial charge is 0.337 e. The minimum absolute atomic E-state index is 0.0377. The zero-order valence-corrected chi connectivity index (χ0v) is 12.3. The number of benzene rings is 1. The third-order valence-corrected chi connectivity index (χ3v) is 4.13. The number of carboxylic acids is 1. The van der Waals surface area contributed by atoms with E-state index in [1.807, 2.05) is 26.8 Å². The van der Waals surface area contributed by atoms with Gasteiger partial charge in [0, 0.05) is 15.8 Å². The van der Waals surface area contributed by atoms with Crippen LogP contribution in [0.4, 0.5) is 10.1 Å². The molecule has 1 unspecified atom stereocenters. The van der Waals surface area contributed by atoms with Crippen LogP contribution < -0.4 is 5.32 Å². The Kier molecular flexibility index (Phi) is 4.09. The first-order chi connectivity index (χ1) is 9.40. The van der Waals surface area contributed by atoms with Gasteiger partial charge in [0.05, 0.1) is 11.3 Å². The number of aromatic carboxylic acids is 1. The van der Waals surface area contributed by atoms with Crippen LogP contribution in [0.25, 0.3) is 0 Å². The van der Waals surface area contributed by atoms with Gasteiger partial charge in [0.25, 0.3) is 0 Å². The van der Waals surface area contributed by atoms with Gasteiger partial charge in [0.1, 0.15) is 5.82 Å². The second-order valence-corrected chi connectivity index (χ2v) is 6.16. The number of nitrogens with one attached hydrogen (secondary N) is 1. The summed E-state index contributed by atoms with van der Waals surface area (Å²) < 4.78 is 13.9. The first-order valence-electron chi connectivity index (χ1n) is 6.25. The van der Waals surface area contributed by atoms with Gasteiger partial charge in [0.15, 0.2) is 0 Å². The molecule has 5 heteroatoms. The summed E-state index contributed by atoms with van der Waals surface area (Å²) in [5, 5.41) is 12.1. The molecular weight excluding hydrogens is 277 g/mol. The van der Waals surface area contributed by atoms with Gasteiger partial charge in [-0.15, -0.1) is 11.3 Å². The molecule has 0 aliphatic rings. The lowest BCUT2D eigenvalue weighted by atomic mass is 10.1. The fourth-order valence-corrected chi connectivity index (χ4v) is 3.25. The maximum absolute atomic E-state index is 13.9. The SMILES string of the molecule is Cc1cc(C(C)Nc2c(F)cccc2C(=O)O)c(C)s1. The fraction of sp³-hybridized carbons (Fsp3) is 0.267. The van der Waals surface area contributed by atoms with E-state index < -0.39 is 11.8 Å². The molecule has 20 heavy (non-hydrogen) atoms. The standard InChI is InChI=1S/C15H16FNO2S/c1-8-7-12(10(3)20-8)9(2)17-14-11(15(18)19)5-4-6-13(14)16/h4-7,9,17H,1-3H3,(H,18,19). The first-order valence-corrected chi connectivity index (χ1v) is 7.07. The molecule has 0 aliphatic carbocycles. The Labute approximate surface area is 121 Å². The molecule has 0 fully saturated rings. The highest BCUT2D eigenvalue weighted by molar-refractivity contribution is 7.12. The molecule has 0 amide bonds. The highest BCUT2D eigenvalue weighted by Crippen LogP contribution is 2.30. The molecule has 3 nitrogen and oxygen atoms in total. The van der Waals surface area contributed by atoms with Crippen molar-refractivity contribution in [3.05, 3.63) is 51.0 Å². The van der Waals surface area contributed by atoms with Crippen LogP contribution in [0.1, 0.15) is 38.6 Å². The first kappa shape index (κ1) is 14.5. The molecule has 0 spiro atoms. The van der Waals surface area contributed by atoms with Crippen molar-refractivity contribution in [3.8, 4) is 0 Å². The summed E-state index contributed by atoms with van der Waals surface area (Å²) in [5.41, 5.74) is 1.05. The van der Waals surface area contributed by atoms with Crippen LogP contribution in [0, 0.1) is 19.7 Å².